The normalized spacial score (nSPS) is 12.5. The van der Waals surface area contributed by atoms with Crippen molar-refractivity contribution in [2.24, 2.45) is 0 Å². The van der Waals surface area contributed by atoms with Gasteiger partial charge in [0, 0.05) is 6.04 Å². The van der Waals surface area contributed by atoms with Gasteiger partial charge in [0.2, 0.25) is 0 Å². The molecule has 1 aromatic carbocycles. The average molecular weight is 236 g/mol. The van der Waals surface area contributed by atoms with E-state index in [0.29, 0.717) is 6.04 Å². The maximum atomic E-state index is 5.35. The Balaban J connectivity index is 2.88. The third-order valence-corrected chi connectivity index (χ3v) is 3.12. The van der Waals surface area contributed by atoms with Crippen molar-refractivity contribution < 1.29 is 4.74 Å². The molecular formula is C14H24N2O. The van der Waals surface area contributed by atoms with E-state index in [-0.39, 0.29) is 0 Å². The van der Waals surface area contributed by atoms with Crippen molar-refractivity contribution >= 4 is 0 Å². The molecule has 0 bridgehead atoms. The Bertz CT molecular complexity index is 339. The highest BCUT2D eigenvalue weighted by Gasteiger charge is 2.10. The molecule has 1 atom stereocenters. The Kier molecular flexibility index (Phi) is 6.01. The minimum atomic E-state index is 0.402. The second-order valence-corrected chi connectivity index (χ2v) is 4.16. The Morgan fingerprint density at radius 3 is 2.59 bits per heavy atom. The topological polar surface area (TPSA) is 33.3 Å². The zero-order chi connectivity index (χ0) is 12.7. The Labute approximate surface area is 105 Å². The second-order valence-electron chi connectivity index (χ2n) is 4.16. The number of nitrogens with one attached hydrogen (secondary N) is 2. The summed E-state index contributed by atoms with van der Waals surface area (Å²) >= 11 is 0. The molecule has 0 saturated carbocycles. The zero-order valence-electron chi connectivity index (χ0n) is 11.3. The summed E-state index contributed by atoms with van der Waals surface area (Å²) in [5.41, 5.74) is 2.61. The van der Waals surface area contributed by atoms with E-state index in [2.05, 4.69) is 35.8 Å². The summed E-state index contributed by atoms with van der Waals surface area (Å²) in [6.07, 6.45) is 2.09. The summed E-state index contributed by atoms with van der Waals surface area (Å²) in [5.74, 6) is 0.986. The van der Waals surface area contributed by atoms with E-state index in [0.717, 1.165) is 25.1 Å². The van der Waals surface area contributed by atoms with Crippen molar-refractivity contribution in [1.82, 2.24) is 10.6 Å². The predicted molar refractivity (Wildman–Crippen MR) is 72.7 cm³/mol. The van der Waals surface area contributed by atoms with Gasteiger partial charge in [0.05, 0.1) is 7.11 Å². The van der Waals surface area contributed by atoms with E-state index in [4.69, 9.17) is 4.74 Å². The van der Waals surface area contributed by atoms with Crippen molar-refractivity contribution in [3.63, 3.8) is 0 Å². The van der Waals surface area contributed by atoms with Crippen LogP contribution in [0.2, 0.25) is 0 Å². The number of methoxy groups -OCH3 is 1. The van der Waals surface area contributed by atoms with Gasteiger partial charge in [-0.15, -0.1) is 0 Å². The largest absolute Gasteiger partial charge is 0.496 e. The fourth-order valence-corrected chi connectivity index (χ4v) is 2.06. The fraction of sp³-hybridized carbons (Fsp3) is 0.571. The van der Waals surface area contributed by atoms with Crippen LogP contribution in [0.4, 0.5) is 0 Å². The number of benzene rings is 1. The lowest BCUT2D eigenvalue weighted by Crippen LogP contribution is -2.21. The van der Waals surface area contributed by atoms with Gasteiger partial charge in [0.1, 0.15) is 5.75 Å². The van der Waals surface area contributed by atoms with E-state index in [1.54, 1.807) is 7.11 Å². The van der Waals surface area contributed by atoms with E-state index in [9.17, 15) is 0 Å². The molecule has 17 heavy (non-hydrogen) atoms. The summed E-state index contributed by atoms with van der Waals surface area (Å²) in [6.45, 7) is 3.17. The number of hydrogen-bond donors (Lipinski definition) is 2. The van der Waals surface area contributed by atoms with Gasteiger partial charge in [0.25, 0.3) is 0 Å². The summed E-state index contributed by atoms with van der Waals surface area (Å²) in [7, 11) is 5.72. The quantitative estimate of drug-likeness (QED) is 0.761. The molecule has 2 N–H and O–H groups in total. The predicted octanol–water partition coefficient (Wildman–Crippen LogP) is 2.13. The third-order valence-electron chi connectivity index (χ3n) is 3.12. The van der Waals surface area contributed by atoms with Crippen LogP contribution in [0.5, 0.6) is 5.75 Å². The first-order chi connectivity index (χ1) is 8.26. The van der Waals surface area contributed by atoms with Crippen LogP contribution in [0.15, 0.2) is 18.2 Å². The van der Waals surface area contributed by atoms with Gasteiger partial charge in [-0.1, -0.05) is 19.1 Å². The van der Waals surface area contributed by atoms with E-state index in [1.807, 2.05) is 14.1 Å². The summed E-state index contributed by atoms with van der Waals surface area (Å²) in [4.78, 5) is 0. The highest BCUT2D eigenvalue weighted by atomic mass is 16.5. The van der Waals surface area contributed by atoms with Crippen LogP contribution >= 0.6 is 0 Å². The SMILES string of the molecule is CCc1cc(C(CCNC)NC)ccc1OC. The lowest BCUT2D eigenvalue weighted by Gasteiger charge is -2.18. The lowest BCUT2D eigenvalue weighted by atomic mass is 9.99. The smallest absolute Gasteiger partial charge is 0.122 e. The Morgan fingerprint density at radius 1 is 1.29 bits per heavy atom. The van der Waals surface area contributed by atoms with Crippen molar-refractivity contribution in [2.75, 3.05) is 27.7 Å². The van der Waals surface area contributed by atoms with Crippen molar-refractivity contribution in [1.29, 1.82) is 0 Å². The monoisotopic (exact) mass is 236 g/mol. The van der Waals surface area contributed by atoms with Gasteiger partial charge in [-0.05, 0) is 50.7 Å². The van der Waals surface area contributed by atoms with Gasteiger partial charge >= 0.3 is 0 Å². The average Bonchev–Trinajstić information content (AvgIpc) is 2.39. The van der Waals surface area contributed by atoms with Crippen LogP contribution in [0.3, 0.4) is 0 Å². The van der Waals surface area contributed by atoms with E-state index < -0.39 is 0 Å². The van der Waals surface area contributed by atoms with Crippen LogP contribution in [0.1, 0.15) is 30.5 Å². The first-order valence-electron chi connectivity index (χ1n) is 6.25. The molecule has 0 saturated heterocycles. The molecule has 3 heteroatoms. The molecule has 0 aliphatic carbocycles. The molecule has 1 unspecified atom stereocenters. The number of hydrogen-bond acceptors (Lipinski definition) is 3. The first-order valence-corrected chi connectivity index (χ1v) is 6.25. The van der Waals surface area contributed by atoms with Crippen molar-refractivity contribution in [3.8, 4) is 5.75 Å². The Morgan fingerprint density at radius 2 is 2.06 bits per heavy atom. The second kappa shape index (κ2) is 7.30. The van der Waals surface area contributed by atoms with Crippen LogP contribution in [-0.4, -0.2) is 27.7 Å². The highest BCUT2D eigenvalue weighted by Crippen LogP contribution is 2.25. The molecule has 96 valence electrons. The number of rotatable bonds is 7. The molecule has 1 rings (SSSR count). The van der Waals surface area contributed by atoms with Crippen LogP contribution in [-0.2, 0) is 6.42 Å². The maximum absolute atomic E-state index is 5.35. The lowest BCUT2D eigenvalue weighted by molar-refractivity contribution is 0.409. The molecule has 3 nitrogen and oxygen atoms in total. The minimum absolute atomic E-state index is 0.402. The van der Waals surface area contributed by atoms with Crippen LogP contribution in [0.25, 0.3) is 0 Å². The molecule has 0 fully saturated rings. The number of aryl methyl sites for hydroxylation is 1. The van der Waals surface area contributed by atoms with E-state index >= 15 is 0 Å². The minimum Gasteiger partial charge on any atom is -0.496 e. The van der Waals surface area contributed by atoms with Crippen LogP contribution < -0.4 is 15.4 Å². The standard InChI is InChI=1S/C14H24N2O/c1-5-11-10-12(6-7-14(11)17-4)13(16-3)8-9-15-2/h6-7,10,13,15-16H,5,8-9H2,1-4H3. The van der Waals surface area contributed by atoms with Crippen molar-refractivity contribution in [2.45, 2.75) is 25.8 Å². The summed E-state index contributed by atoms with van der Waals surface area (Å²) in [5, 5.41) is 6.55. The first kappa shape index (κ1) is 14.0. The van der Waals surface area contributed by atoms with Gasteiger partial charge in [-0.25, -0.2) is 0 Å². The molecule has 0 aliphatic heterocycles. The third kappa shape index (κ3) is 3.72. The zero-order valence-corrected chi connectivity index (χ0v) is 11.3. The summed E-state index contributed by atoms with van der Waals surface area (Å²) < 4.78 is 5.35. The molecule has 0 radical (unpaired) electrons. The van der Waals surface area contributed by atoms with E-state index in [1.165, 1.54) is 11.1 Å². The highest BCUT2D eigenvalue weighted by molar-refractivity contribution is 5.38. The molecule has 0 spiro atoms. The van der Waals surface area contributed by atoms with Gasteiger partial charge < -0.3 is 15.4 Å². The van der Waals surface area contributed by atoms with Crippen molar-refractivity contribution in [3.05, 3.63) is 29.3 Å². The molecule has 0 amide bonds. The molecule has 0 heterocycles. The summed E-state index contributed by atoms with van der Waals surface area (Å²) in [6, 6.07) is 6.86. The molecular weight excluding hydrogens is 212 g/mol. The molecule has 0 aromatic heterocycles. The van der Waals surface area contributed by atoms with Gasteiger partial charge in [-0.2, -0.15) is 0 Å². The number of ether oxygens (including phenoxy) is 1. The molecule has 1 aromatic rings. The Hall–Kier alpha value is -1.06. The molecule has 0 aliphatic rings. The van der Waals surface area contributed by atoms with Gasteiger partial charge in [-0.3, -0.25) is 0 Å². The maximum Gasteiger partial charge on any atom is 0.122 e. The fourth-order valence-electron chi connectivity index (χ4n) is 2.06. The van der Waals surface area contributed by atoms with Crippen LogP contribution in [0, 0.1) is 0 Å². The van der Waals surface area contributed by atoms with Gasteiger partial charge in [0.15, 0.2) is 0 Å².